The predicted octanol–water partition coefficient (Wildman–Crippen LogP) is -0.870. The first-order valence-electron chi connectivity index (χ1n) is 9.10. The molecule has 4 heterocycles. The Morgan fingerprint density at radius 3 is 2.65 bits per heavy atom. The molecular formula is C17H24N6O3. The summed E-state index contributed by atoms with van der Waals surface area (Å²) in [5, 5.41) is 0. The number of carbonyl (C=O) groups excluding carboxylic acids is 1. The van der Waals surface area contributed by atoms with Gasteiger partial charge in [0.2, 0.25) is 5.91 Å². The van der Waals surface area contributed by atoms with Gasteiger partial charge < -0.3 is 9.47 Å². The number of aromatic nitrogens is 4. The average molecular weight is 360 g/mol. The molecule has 2 aliphatic rings. The van der Waals surface area contributed by atoms with Gasteiger partial charge in [-0.25, -0.2) is 14.3 Å². The third kappa shape index (κ3) is 2.66. The Morgan fingerprint density at radius 2 is 1.92 bits per heavy atom. The van der Waals surface area contributed by atoms with Crippen LogP contribution in [-0.2, 0) is 25.4 Å². The number of likely N-dealkylation sites (tertiary alicyclic amines) is 2. The highest BCUT2D eigenvalue weighted by Crippen LogP contribution is 2.20. The van der Waals surface area contributed by atoms with Crippen LogP contribution in [0.3, 0.4) is 0 Å². The zero-order chi connectivity index (χ0) is 18.4. The number of hydrogen-bond acceptors (Lipinski definition) is 5. The molecule has 2 aliphatic heterocycles. The van der Waals surface area contributed by atoms with E-state index in [0.717, 1.165) is 24.1 Å². The maximum atomic E-state index is 12.7. The van der Waals surface area contributed by atoms with E-state index in [9.17, 15) is 14.4 Å². The molecule has 0 saturated carbocycles. The van der Waals surface area contributed by atoms with Crippen LogP contribution in [0.5, 0.6) is 0 Å². The Kier molecular flexibility index (Phi) is 4.18. The molecule has 2 aromatic rings. The molecule has 0 N–H and O–H groups in total. The highest BCUT2D eigenvalue weighted by Gasteiger charge is 2.32. The molecule has 9 heteroatoms. The second-order valence-corrected chi connectivity index (χ2v) is 7.29. The molecule has 0 aromatic carbocycles. The molecule has 2 saturated heterocycles. The maximum absolute atomic E-state index is 12.7. The van der Waals surface area contributed by atoms with Crippen molar-refractivity contribution in [3.05, 3.63) is 27.2 Å². The Morgan fingerprint density at radius 1 is 1.19 bits per heavy atom. The summed E-state index contributed by atoms with van der Waals surface area (Å²) >= 11 is 0. The normalized spacial score (nSPS) is 21.2. The van der Waals surface area contributed by atoms with E-state index in [1.54, 1.807) is 23.6 Å². The number of nitrogens with zero attached hydrogens (tertiary/aromatic N) is 6. The highest BCUT2D eigenvalue weighted by atomic mass is 16.2. The lowest BCUT2D eigenvalue weighted by molar-refractivity contribution is -0.131. The molecular weight excluding hydrogens is 336 g/mol. The molecule has 1 unspecified atom stereocenters. The van der Waals surface area contributed by atoms with Crippen molar-refractivity contribution < 1.29 is 4.79 Å². The van der Waals surface area contributed by atoms with E-state index in [4.69, 9.17) is 0 Å². The molecule has 2 aromatic heterocycles. The summed E-state index contributed by atoms with van der Waals surface area (Å²) in [7, 11) is 3.27. The van der Waals surface area contributed by atoms with Crippen molar-refractivity contribution in [2.45, 2.75) is 31.8 Å². The van der Waals surface area contributed by atoms with Crippen molar-refractivity contribution >= 4 is 17.1 Å². The van der Waals surface area contributed by atoms with Crippen molar-refractivity contribution in [3.63, 3.8) is 0 Å². The Hall–Kier alpha value is -2.42. The second kappa shape index (κ2) is 6.39. The first-order valence-corrected chi connectivity index (χ1v) is 9.10. The van der Waals surface area contributed by atoms with E-state index >= 15 is 0 Å². The summed E-state index contributed by atoms with van der Waals surface area (Å²) < 4.78 is 3.92. The predicted molar refractivity (Wildman–Crippen MR) is 96.0 cm³/mol. The molecule has 0 spiro atoms. The van der Waals surface area contributed by atoms with Crippen LogP contribution in [-0.4, -0.2) is 66.6 Å². The van der Waals surface area contributed by atoms with Gasteiger partial charge in [0.15, 0.2) is 11.2 Å². The van der Waals surface area contributed by atoms with E-state index < -0.39 is 11.2 Å². The maximum Gasteiger partial charge on any atom is 0.332 e. The van der Waals surface area contributed by atoms with Crippen molar-refractivity contribution in [2.24, 2.45) is 14.1 Å². The monoisotopic (exact) mass is 360 g/mol. The molecule has 0 radical (unpaired) electrons. The third-order valence-electron chi connectivity index (χ3n) is 5.67. The van der Waals surface area contributed by atoms with Gasteiger partial charge >= 0.3 is 5.69 Å². The first kappa shape index (κ1) is 17.0. The number of aryl methyl sites for hydroxylation is 2. The van der Waals surface area contributed by atoms with Crippen molar-refractivity contribution in [2.75, 3.05) is 26.2 Å². The molecule has 2 fully saturated rings. The largest absolute Gasteiger partial charge is 0.340 e. The zero-order valence-corrected chi connectivity index (χ0v) is 15.2. The minimum absolute atomic E-state index is 0.174. The number of hydrogen-bond donors (Lipinski definition) is 0. The number of carbonyl (C=O) groups is 1. The van der Waals surface area contributed by atoms with E-state index in [0.29, 0.717) is 30.3 Å². The van der Waals surface area contributed by atoms with E-state index in [-0.39, 0.29) is 12.5 Å². The number of fused-ring (bicyclic) bond motifs is 1. The molecule has 9 nitrogen and oxygen atoms in total. The van der Waals surface area contributed by atoms with Crippen LogP contribution in [0, 0.1) is 0 Å². The lowest BCUT2D eigenvalue weighted by Crippen LogP contribution is -2.45. The van der Waals surface area contributed by atoms with Gasteiger partial charge in [0, 0.05) is 33.2 Å². The summed E-state index contributed by atoms with van der Waals surface area (Å²) in [6, 6.07) is 0.403. The lowest BCUT2D eigenvalue weighted by Gasteiger charge is -2.23. The lowest BCUT2D eigenvalue weighted by atomic mass is 10.2. The number of rotatable bonds is 3. The quantitative estimate of drug-likeness (QED) is 0.710. The van der Waals surface area contributed by atoms with Crippen LogP contribution < -0.4 is 11.2 Å². The van der Waals surface area contributed by atoms with Crippen LogP contribution in [0.1, 0.15) is 19.3 Å². The smallest absolute Gasteiger partial charge is 0.332 e. The van der Waals surface area contributed by atoms with Gasteiger partial charge in [0.1, 0.15) is 6.54 Å². The van der Waals surface area contributed by atoms with Crippen molar-refractivity contribution in [3.8, 4) is 0 Å². The van der Waals surface area contributed by atoms with Crippen LogP contribution in [0.15, 0.2) is 15.9 Å². The van der Waals surface area contributed by atoms with Gasteiger partial charge in [-0.05, 0) is 32.4 Å². The third-order valence-corrected chi connectivity index (χ3v) is 5.67. The highest BCUT2D eigenvalue weighted by molar-refractivity contribution is 5.77. The van der Waals surface area contributed by atoms with Gasteiger partial charge in [-0.15, -0.1) is 0 Å². The minimum atomic E-state index is -0.509. The Labute approximate surface area is 150 Å². The van der Waals surface area contributed by atoms with Crippen molar-refractivity contribution in [1.82, 2.24) is 28.5 Å². The van der Waals surface area contributed by atoms with E-state index in [1.165, 1.54) is 23.7 Å². The summed E-state index contributed by atoms with van der Waals surface area (Å²) in [5.41, 5.74) is -0.311. The van der Waals surface area contributed by atoms with Gasteiger partial charge in [0.05, 0.1) is 6.33 Å². The van der Waals surface area contributed by atoms with Crippen molar-refractivity contribution in [1.29, 1.82) is 0 Å². The molecule has 1 amide bonds. The second-order valence-electron chi connectivity index (χ2n) is 7.29. The topological polar surface area (TPSA) is 85.4 Å². The summed E-state index contributed by atoms with van der Waals surface area (Å²) in [6.45, 7) is 3.35. The SMILES string of the molecule is Cn1cnc2c1c(=O)n(CC(=O)N1CCC(N3CCCC3)C1)c(=O)n2C. The molecule has 26 heavy (non-hydrogen) atoms. The molecule has 1 atom stereocenters. The van der Waals surface area contributed by atoms with E-state index in [2.05, 4.69) is 9.88 Å². The fourth-order valence-corrected chi connectivity index (χ4v) is 4.14. The zero-order valence-electron chi connectivity index (χ0n) is 15.2. The Bertz CT molecular complexity index is 965. The fourth-order valence-electron chi connectivity index (χ4n) is 4.14. The van der Waals surface area contributed by atoms with Crippen LogP contribution >= 0.6 is 0 Å². The van der Waals surface area contributed by atoms with Gasteiger partial charge in [0.25, 0.3) is 5.56 Å². The van der Waals surface area contributed by atoms with Gasteiger partial charge in [-0.1, -0.05) is 0 Å². The summed E-state index contributed by atoms with van der Waals surface area (Å²) in [5.74, 6) is -0.174. The van der Waals surface area contributed by atoms with E-state index in [1.807, 2.05) is 0 Å². The van der Waals surface area contributed by atoms with Crippen LogP contribution in [0.2, 0.25) is 0 Å². The van der Waals surface area contributed by atoms with Crippen LogP contribution in [0.4, 0.5) is 0 Å². The summed E-state index contributed by atoms with van der Waals surface area (Å²) in [4.78, 5) is 46.3. The number of amides is 1. The fraction of sp³-hybridized carbons (Fsp3) is 0.647. The number of imidazole rings is 1. The molecule has 4 rings (SSSR count). The minimum Gasteiger partial charge on any atom is -0.340 e. The molecule has 0 bridgehead atoms. The Balaban J connectivity index is 1.57. The average Bonchev–Trinajstić information content (AvgIpc) is 3.35. The molecule has 140 valence electrons. The van der Waals surface area contributed by atoms with Gasteiger partial charge in [-0.3, -0.25) is 19.1 Å². The first-order chi connectivity index (χ1) is 12.5. The van der Waals surface area contributed by atoms with Gasteiger partial charge in [-0.2, -0.15) is 0 Å². The van der Waals surface area contributed by atoms with Crippen LogP contribution in [0.25, 0.3) is 11.2 Å². The standard InChI is InChI=1S/C17H24N6O3/c1-19-11-18-15-14(19)16(25)23(17(26)20(15)2)10-13(24)22-8-5-12(9-22)21-6-3-4-7-21/h11-12H,3-10H2,1-2H3. The summed E-state index contributed by atoms with van der Waals surface area (Å²) in [6.07, 6.45) is 4.90. The molecule has 0 aliphatic carbocycles.